The third-order valence-electron chi connectivity index (χ3n) is 6.76. The molecule has 0 atom stereocenters. The smallest absolute Gasteiger partial charge is 0.337 e. The molecule has 0 bridgehead atoms. The van der Waals surface area contributed by atoms with Crippen LogP contribution in [0.5, 0.6) is 17.4 Å². The van der Waals surface area contributed by atoms with E-state index in [2.05, 4.69) is 16.4 Å². The second-order valence-electron chi connectivity index (χ2n) is 9.55. The predicted molar refractivity (Wildman–Crippen MR) is 146 cm³/mol. The highest BCUT2D eigenvalue weighted by Gasteiger charge is 2.15. The van der Waals surface area contributed by atoms with Crippen molar-refractivity contribution in [2.24, 2.45) is 0 Å². The summed E-state index contributed by atoms with van der Waals surface area (Å²) in [5, 5.41) is 14.0. The van der Waals surface area contributed by atoms with Crippen LogP contribution in [0.25, 0.3) is 10.8 Å². The molecule has 1 fully saturated rings. The Bertz CT molecular complexity index is 1430. The van der Waals surface area contributed by atoms with E-state index in [0.29, 0.717) is 17.7 Å². The van der Waals surface area contributed by atoms with E-state index < -0.39 is 11.9 Å². The molecule has 5 rings (SSSR count). The Balaban J connectivity index is 1.22. The van der Waals surface area contributed by atoms with Gasteiger partial charge in [-0.2, -0.15) is 0 Å². The maximum Gasteiger partial charge on any atom is 0.337 e. The summed E-state index contributed by atoms with van der Waals surface area (Å²) in [7, 11) is 0. The fourth-order valence-electron chi connectivity index (χ4n) is 4.74. The van der Waals surface area contributed by atoms with Gasteiger partial charge in [0.1, 0.15) is 11.5 Å². The number of amides is 1. The van der Waals surface area contributed by atoms with E-state index in [1.807, 2.05) is 30.3 Å². The molecule has 0 radical (unpaired) electrons. The number of para-hydroxylation sites is 1. The zero-order valence-corrected chi connectivity index (χ0v) is 21.1. The largest absolute Gasteiger partial charge is 0.490 e. The lowest BCUT2D eigenvalue weighted by Gasteiger charge is -2.21. The molecule has 4 aromatic rings. The van der Waals surface area contributed by atoms with Crippen molar-refractivity contribution in [3.05, 3.63) is 90.1 Å². The van der Waals surface area contributed by atoms with E-state index in [0.717, 1.165) is 29.4 Å². The van der Waals surface area contributed by atoms with Crippen LogP contribution in [0.4, 0.5) is 5.69 Å². The van der Waals surface area contributed by atoms with Gasteiger partial charge in [-0.15, -0.1) is 0 Å². The summed E-state index contributed by atoms with van der Waals surface area (Å²) < 4.78 is 12.2. The third-order valence-corrected chi connectivity index (χ3v) is 6.76. The molecule has 7 heteroatoms. The molecule has 7 nitrogen and oxygen atoms in total. The normalized spacial score (nSPS) is 14.3. The topological polar surface area (TPSA) is 97.8 Å². The molecule has 1 aliphatic carbocycles. The maximum atomic E-state index is 12.6. The average molecular weight is 511 g/mol. The summed E-state index contributed by atoms with van der Waals surface area (Å²) in [5.74, 6) is 0.304. The zero-order valence-electron chi connectivity index (χ0n) is 21.1. The third kappa shape index (κ3) is 6.29. The highest BCUT2D eigenvalue weighted by molar-refractivity contribution is 6.07. The highest BCUT2D eigenvalue weighted by atomic mass is 16.5. The van der Waals surface area contributed by atoms with Crippen LogP contribution in [-0.2, 0) is 0 Å². The first kappa shape index (κ1) is 25.3. The lowest BCUT2D eigenvalue weighted by atomic mass is 9.98. The lowest BCUT2D eigenvalue weighted by molar-refractivity contribution is 0.0698. The van der Waals surface area contributed by atoms with Crippen LogP contribution in [0.1, 0.15) is 65.7 Å². The van der Waals surface area contributed by atoms with Gasteiger partial charge in [-0.25, -0.2) is 9.78 Å². The molecule has 0 unspecified atom stereocenters. The molecular formula is C31H30N2O5. The summed E-state index contributed by atoms with van der Waals surface area (Å²) in [6, 6.07) is 21.4. The second kappa shape index (κ2) is 11.8. The Hall–Kier alpha value is -4.39. The molecule has 194 valence electrons. The van der Waals surface area contributed by atoms with Crippen molar-refractivity contribution in [1.29, 1.82) is 0 Å². The van der Waals surface area contributed by atoms with Crippen molar-refractivity contribution in [1.82, 2.24) is 4.98 Å². The highest BCUT2D eigenvalue weighted by Crippen LogP contribution is 2.29. The van der Waals surface area contributed by atoms with Crippen LogP contribution in [0.3, 0.4) is 0 Å². The van der Waals surface area contributed by atoms with Crippen molar-refractivity contribution in [2.75, 3.05) is 5.32 Å². The van der Waals surface area contributed by atoms with E-state index in [1.54, 1.807) is 30.3 Å². The number of fused-ring (bicyclic) bond motifs is 1. The van der Waals surface area contributed by atoms with E-state index in [-0.39, 0.29) is 16.8 Å². The van der Waals surface area contributed by atoms with Crippen molar-refractivity contribution < 1.29 is 24.2 Å². The van der Waals surface area contributed by atoms with Gasteiger partial charge >= 0.3 is 5.97 Å². The quantitative estimate of drug-likeness (QED) is 0.268. The first-order valence-corrected chi connectivity index (χ1v) is 13.0. The van der Waals surface area contributed by atoms with E-state index in [4.69, 9.17) is 9.47 Å². The number of hydrogen-bond donors (Lipinski definition) is 2. The van der Waals surface area contributed by atoms with Gasteiger partial charge in [-0.3, -0.25) is 4.79 Å². The number of carboxylic acids is 1. The van der Waals surface area contributed by atoms with Crippen LogP contribution in [0.2, 0.25) is 0 Å². The first-order valence-electron chi connectivity index (χ1n) is 13.0. The summed E-state index contributed by atoms with van der Waals surface area (Å²) in [5.41, 5.74) is 0.524. The number of rotatable bonds is 7. The Morgan fingerprint density at radius 2 is 1.50 bits per heavy atom. The van der Waals surface area contributed by atoms with Crippen LogP contribution < -0.4 is 14.8 Å². The van der Waals surface area contributed by atoms with Gasteiger partial charge in [0, 0.05) is 12.3 Å². The first-order chi connectivity index (χ1) is 18.5. The average Bonchev–Trinajstić information content (AvgIpc) is 2.91. The summed E-state index contributed by atoms with van der Waals surface area (Å²) in [6.45, 7) is 0. The van der Waals surface area contributed by atoms with Crippen molar-refractivity contribution in [3.63, 3.8) is 0 Å². The predicted octanol–water partition coefficient (Wildman–Crippen LogP) is 7.47. The minimum Gasteiger partial charge on any atom is -0.490 e. The maximum absolute atomic E-state index is 12.6. The van der Waals surface area contributed by atoms with Crippen LogP contribution in [0.15, 0.2) is 79.0 Å². The number of anilines is 1. The number of benzene rings is 3. The van der Waals surface area contributed by atoms with Crippen LogP contribution in [0, 0.1) is 0 Å². The van der Waals surface area contributed by atoms with Gasteiger partial charge in [0.05, 0.1) is 22.9 Å². The number of nitrogens with one attached hydrogen (secondary N) is 1. The number of carbonyl (C=O) groups excluding carboxylic acids is 1. The molecule has 1 aromatic heterocycles. The molecule has 38 heavy (non-hydrogen) atoms. The fraction of sp³-hybridized carbons (Fsp3) is 0.258. The molecule has 0 aliphatic heterocycles. The molecule has 0 saturated heterocycles. The van der Waals surface area contributed by atoms with E-state index in [1.165, 1.54) is 44.4 Å². The summed E-state index contributed by atoms with van der Waals surface area (Å²) in [4.78, 5) is 28.2. The van der Waals surface area contributed by atoms with Gasteiger partial charge in [0.25, 0.3) is 5.91 Å². The number of aromatic nitrogens is 1. The van der Waals surface area contributed by atoms with Crippen molar-refractivity contribution in [2.45, 2.75) is 51.0 Å². The van der Waals surface area contributed by atoms with Gasteiger partial charge in [-0.1, -0.05) is 43.5 Å². The molecule has 1 amide bonds. The minimum atomic E-state index is -1.11. The molecule has 1 saturated carbocycles. The fourth-order valence-corrected chi connectivity index (χ4v) is 4.74. The summed E-state index contributed by atoms with van der Waals surface area (Å²) in [6.07, 6.45) is 10.3. The number of nitrogens with zero attached hydrogens (tertiary/aromatic N) is 1. The molecule has 3 aromatic carbocycles. The molecule has 0 spiro atoms. The standard InChI is InChI=1S/C31H30N2O5/c34-30(33-28-11-7-6-10-27(28)31(35)36)23-14-17-29(32-20-23)38-26-16-13-21-18-25(15-12-22(21)19-26)37-24-8-4-2-1-3-5-9-24/h6-7,10-20,24H,1-5,8-9H2,(H,33,34)(H,35,36). The Morgan fingerprint density at radius 3 is 2.21 bits per heavy atom. The van der Waals surface area contributed by atoms with Gasteiger partial charge in [0.2, 0.25) is 5.88 Å². The molecule has 1 aliphatic rings. The minimum absolute atomic E-state index is 0.0172. The number of carboxylic acid groups (broad SMARTS) is 1. The van der Waals surface area contributed by atoms with E-state index in [9.17, 15) is 14.7 Å². The number of aromatic carboxylic acids is 1. The number of ether oxygens (including phenoxy) is 2. The Labute approximate surface area is 221 Å². The second-order valence-corrected chi connectivity index (χ2v) is 9.55. The zero-order chi connectivity index (χ0) is 26.3. The SMILES string of the molecule is O=C(Nc1ccccc1C(=O)O)c1ccc(Oc2ccc3cc(OC4CCCCCCC4)ccc3c2)nc1. The van der Waals surface area contributed by atoms with Crippen LogP contribution >= 0.6 is 0 Å². The van der Waals surface area contributed by atoms with E-state index >= 15 is 0 Å². The van der Waals surface area contributed by atoms with Crippen molar-refractivity contribution in [3.8, 4) is 17.4 Å². The van der Waals surface area contributed by atoms with Gasteiger partial charge < -0.3 is 19.9 Å². The van der Waals surface area contributed by atoms with Crippen molar-refractivity contribution >= 4 is 28.3 Å². The number of pyridine rings is 1. The van der Waals surface area contributed by atoms with Gasteiger partial charge in [-0.05, 0) is 78.9 Å². The number of hydrogen-bond acceptors (Lipinski definition) is 5. The molecular weight excluding hydrogens is 480 g/mol. The Morgan fingerprint density at radius 1 is 0.816 bits per heavy atom. The molecule has 1 heterocycles. The lowest BCUT2D eigenvalue weighted by Crippen LogP contribution is -2.17. The number of carbonyl (C=O) groups is 2. The van der Waals surface area contributed by atoms with Gasteiger partial charge in [0.15, 0.2) is 0 Å². The summed E-state index contributed by atoms with van der Waals surface area (Å²) >= 11 is 0. The Kier molecular flexibility index (Phi) is 7.83. The monoisotopic (exact) mass is 510 g/mol. The molecule has 2 N–H and O–H groups in total. The van der Waals surface area contributed by atoms with Crippen LogP contribution in [-0.4, -0.2) is 28.1 Å².